The van der Waals surface area contributed by atoms with Crippen LogP contribution in [0, 0.1) is 0 Å². The summed E-state index contributed by atoms with van der Waals surface area (Å²) in [6.45, 7) is 12.3. The van der Waals surface area contributed by atoms with Crippen molar-refractivity contribution in [2.45, 2.75) is 52.1 Å². The van der Waals surface area contributed by atoms with Crippen LogP contribution < -0.4 is 11.1 Å². The molecule has 0 aromatic rings. The van der Waals surface area contributed by atoms with Crippen molar-refractivity contribution in [2.24, 2.45) is 5.73 Å². The van der Waals surface area contributed by atoms with Crippen molar-refractivity contribution >= 4 is 23.1 Å². The molecule has 1 heterocycles. The monoisotopic (exact) mass is 314 g/mol. The number of carbonyl (C=O) groups is 1. The van der Waals surface area contributed by atoms with Crippen molar-refractivity contribution in [3.05, 3.63) is 0 Å². The van der Waals surface area contributed by atoms with E-state index in [0.29, 0.717) is 17.6 Å². The smallest absolute Gasteiger partial charge is 0.234 e. The first-order valence-corrected chi connectivity index (χ1v) is 8.28. The van der Waals surface area contributed by atoms with Crippen LogP contribution >= 0.6 is 12.2 Å². The zero-order chi connectivity index (χ0) is 16.0. The van der Waals surface area contributed by atoms with Crippen LogP contribution in [0.2, 0.25) is 0 Å². The summed E-state index contributed by atoms with van der Waals surface area (Å²) in [5, 5.41) is 3.09. The molecule has 0 unspecified atom stereocenters. The standard InChI is InChI=1S/C15H30N4OS/c1-5-12(6-2)17-13(20)11-18-7-9-19(10-8-18)15(3,4)14(16)21/h12H,5-11H2,1-4H3,(H2,16,21)(H,17,20). The van der Waals surface area contributed by atoms with Crippen LogP contribution in [0.5, 0.6) is 0 Å². The maximum atomic E-state index is 12.0. The maximum absolute atomic E-state index is 12.0. The number of hydrogen-bond donors (Lipinski definition) is 2. The Balaban J connectivity index is 2.40. The summed E-state index contributed by atoms with van der Waals surface area (Å²) >= 11 is 5.14. The van der Waals surface area contributed by atoms with E-state index < -0.39 is 0 Å². The molecule has 122 valence electrons. The fraction of sp³-hybridized carbons (Fsp3) is 0.867. The Bertz CT molecular complexity index is 361. The fourth-order valence-corrected chi connectivity index (χ4v) is 2.72. The number of nitrogens with two attached hydrogens (primary N) is 1. The number of thiocarbonyl (C=S) groups is 1. The van der Waals surface area contributed by atoms with Gasteiger partial charge in [0, 0.05) is 32.2 Å². The van der Waals surface area contributed by atoms with Crippen LogP contribution in [0.3, 0.4) is 0 Å². The molecular weight excluding hydrogens is 284 g/mol. The molecule has 0 bridgehead atoms. The van der Waals surface area contributed by atoms with Crippen LogP contribution in [0.4, 0.5) is 0 Å². The summed E-state index contributed by atoms with van der Waals surface area (Å²) in [6.07, 6.45) is 1.97. The van der Waals surface area contributed by atoms with Crippen molar-refractivity contribution in [3.8, 4) is 0 Å². The molecule has 5 nitrogen and oxygen atoms in total. The van der Waals surface area contributed by atoms with E-state index in [-0.39, 0.29) is 11.4 Å². The summed E-state index contributed by atoms with van der Waals surface area (Å²) in [5.74, 6) is 0.130. The van der Waals surface area contributed by atoms with Gasteiger partial charge in [0.1, 0.15) is 0 Å². The minimum Gasteiger partial charge on any atom is -0.392 e. The van der Waals surface area contributed by atoms with Gasteiger partial charge in [-0.05, 0) is 26.7 Å². The SMILES string of the molecule is CCC(CC)NC(=O)CN1CCN(C(C)(C)C(N)=S)CC1. The van der Waals surface area contributed by atoms with E-state index in [1.54, 1.807) is 0 Å². The molecule has 0 aromatic carbocycles. The molecule has 6 heteroatoms. The van der Waals surface area contributed by atoms with Gasteiger partial charge in [0.15, 0.2) is 0 Å². The van der Waals surface area contributed by atoms with Gasteiger partial charge in [-0.25, -0.2) is 0 Å². The van der Waals surface area contributed by atoms with E-state index >= 15 is 0 Å². The van der Waals surface area contributed by atoms with Crippen molar-refractivity contribution in [2.75, 3.05) is 32.7 Å². The minimum atomic E-state index is -0.251. The van der Waals surface area contributed by atoms with Gasteiger partial charge >= 0.3 is 0 Å². The van der Waals surface area contributed by atoms with E-state index in [4.69, 9.17) is 18.0 Å². The van der Waals surface area contributed by atoms with Gasteiger partial charge < -0.3 is 11.1 Å². The first-order chi connectivity index (χ1) is 9.81. The fourth-order valence-electron chi connectivity index (χ4n) is 2.59. The largest absolute Gasteiger partial charge is 0.392 e. The second kappa shape index (κ2) is 8.06. The lowest BCUT2D eigenvalue weighted by Gasteiger charge is -2.43. The number of carbonyl (C=O) groups excluding carboxylic acids is 1. The van der Waals surface area contributed by atoms with Crippen LogP contribution in [0.1, 0.15) is 40.5 Å². The second-order valence-electron chi connectivity index (χ2n) is 6.27. The first kappa shape index (κ1) is 18.3. The Morgan fingerprint density at radius 2 is 1.76 bits per heavy atom. The molecule has 0 spiro atoms. The van der Waals surface area contributed by atoms with Crippen LogP contribution in [-0.2, 0) is 4.79 Å². The van der Waals surface area contributed by atoms with Gasteiger partial charge in [0.05, 0.1) is 17.1 Å². The normalized spacial score (nSPS) is 18.0. The molecule has 0 saturated carbocycles. The number of rotatable bonds is 7. The Labute approximate surface area is 134 Å². The third-order valence-corrected chi connectivity index (χ3v) is 4.98. The molecule has 21 heavy (non-hydrogen) atoms. The summed E-state index contributed by atoms with van der Waals surface area (Å²) < 4.78 is 0. The quantitative estimate of drug-likeness (QED) is 0.686. The lowest BCUT2D eigenvalue weighted by molar-refractivity contribution is -0.123. The molecule has 3 N–H and O–H groups in total. The van der Waals surface area contributed by atoms with Crippen molar-refractivity contribution in [1.82, 2.24) is 15.1 Å². The highest BCUT2D eigenvalue weighted by Gasteiger charge is 2.32. The number of amides is 1. The molecule has 0 atom stereocenters. The predicted octanol–water partition coefficient (Wildman–Crippen LogP) is 0.974. The number of piperazine rings is 1. The van der Waals surface area contributed by atoms with Crippen molar-refractivity contribution in [1.29, 1.82) is 0 Å². The lowest BCUT2D eigenvalue weighted by Crippen LogP contribution is -2.60. The van der Waals surface area contributed by atoms with Crippen LogP contribution in [0.15, 0.2) is 0 Å². The Morgan fingerprint density at radius 3 is 2.19 bits per heavy atom. The van der Waals surface area contributed by atoms with Gasteiger partial charge in [0.2, 0.25) is 5.91 Å². The summed E-state index contributed by atoms with van der Waals surface area (Å²) in [4.78, 5) is 17.0. The molecule has 0 aromatic heterocycles. The Kier molecular flexibility index (Phi) is 7.03. The van der Waals surface area contributed by atoms with E-state index in [2.05, 4.69) is 42.8 Å². The molecule has 0 aliphatic carbocycles. The highest BCUT2D eigenvalue weighted by molar-refractivity contribution is 7.80. The van der Waals surface area contributed by atoms with E-state index in [1.165, 1.54) is 0 Å². The lowest BCUT2D eigenvalue weighted by atomic mass is 10.0. The summed E-state index contributed by atoms with van der Waals surface area (Å²) in [6, 6.07) is 0.298. The summed E-state index contributed by atoms with van der Waals surface area (Å²) in [5.41, 5.74) is 5.56. The first-order valence-electron chi connectivity index (χ1n) is 7.87. The molecule has 0 radical (unpaired) electrons. The molecule has 1 aliphatic rings. The third kappa shape index (κ3) is 5.20. The average Bonchev–Trinajstić information content (AvgIpc) is 2.45. The Hall–Kier alpha value is -0.720. The van der Waals surface area contributed by atoms with Gasteiger partial charge in [-0.1, -0.05) is 26.1 Å². The van der Waals surface area contributed by atoms with Crippen LogP contribution in [0.25, 0.3) is 0 Å². The average molecular weight is 314 g/mol. The van der Waals surface area contributed by atoms with Gasteiger partial charge in [-0.2, -0.15) is 0 Å². The van der Waals surface area contributed by atoms with Crippen LogP contribution in [-0.4, -0.2) is 65.0 Å². The van der Waals surface area contributed by atoms with E-state index in [9.17, 15) is 4.79 Å². The topological polar surface area (TPSA) is 61.6 Å². The zero-order valence-corrected chi connectivity index (χ0v) is 14.6. The van der Waals surface area contributed by atoms with Crippen molar-refractivity contribution < 1.29 is 4.79 Å². The molecule has 1 aliphatic heterocycles. The van der Waals surface area contributed by atoms with Crippen molar-refractivity contribution in [3.63, 3.8) is 0 Å². The zero-order valence-electron chi connectivity index (χ0n) is 13.8. The molecule has 1 rings (SSSR count). The third-order valence-electron chi connectivity index (χ3n) is 4.48. The predicted molar refractivity (Wildman–Crippen MR) is 91.4 cm³/mol. The highest BCUT2D eigenvalue weighted by atomic mass is 32.1. The minimum absolute atomic E-state index is 0.130. The molecule has 1 saturated heterocycles. The second-order valence-corrected chi connectivity index (χ2v) is 6.71. The molecule has 1 amide bonds. The van der Waals surface area contributed by atoms with E-state index in [1.807, 2.05) is 0 Å². The number of hydrogen-bond acceptors (Lipinski definition) is 4. The van der Waals surface area contributed by atoms with E-state index in [0.717, 1.165) is 39.0 Å². The van der Waals surface area contributed by atoms with Gasteiger partial charge in [-0.15, -0.1) is 0 Å². The highest BCUT2D eigenvalue weighted by Crippen LogP contribution is 2.17. The number of nitrogens with one attached hydrogen (secondary N) is 1. The number of nitrogens with zero attached hydrogens (tertiary/aromatic N) is 2. The van der Waals surface area contributed by atoms with Gasteiger partial charge in [0.25, 0.3) is 0 Å². The molecular formula is C15H30N4OS. The molecule has 1 fully saturated rings. The maximum Gasteiger partial charge on any atom is 0.234 e. The van der Waals surface area contributed by atoms with Gasteiger partial charge in [-0.3, -0.25) is 14.6 Å². The summed E-state index contributed by atoms with van der Waals surface area (Å²) in [7, 11) is 0. The Morgan fingerprint density at radius 1 is 1.24 bits per heavy atom.